The number of fused-ring (bicyclic) bond motifs is 1. The zero-order chi connectivity index (χ0) is 14.8. The van der Waals surface area contributed by atoms with Crippen LogP contribution in [-0.4, -0.2) is 18.8 Å². The molecule has 2 atom stereocenters. The van der Waals surface area contributed by atoms with Gasteiger partial charge >= 0.3 is 0 Å². The van der Waals surface area contributed by atoms with Crippen molar-refractivity contribution < 1.29 is 9.84 Å². The van der Waals surface area contributed by atoms with Crippen LogP contribution in [0.5, 0.6) is 5.75 Å². The summed E-state index contributed by atoms with van der Waals surface area (Å²) in [6.45, 7) is 0.885. The van der Waals surface area contributed by atoms with E-state index in [0.717, 1.165) is 28.8 Å². The van der Waals surface area contributed by atoms with Crippen LogP contribution in [0.2, 0.25) is 0 Å². The minimum absolute atomic E-state index is 0.0738. The van der Waals surface area contributed by atoms with E-state index in [2.05, 4.69) is 39.4 Å². The van der Waals surface area contributed by atoms with Gasteiger partial charge in [0.1, 0.15) is 5.75 Å². The molecule has 0 aromatic heterocycles. The molecule has 0 saturated heterocycles. The Hall–Kier alpha value is -1.36. The van der Waals surface area contributed by atoms with Crippen LogP contribution in [0.25, 0.3) is 0 Å². The molecule has 1 aliphatic rings. The molecule has 3 nitrogen and oxygen atoms in total. The van der Waals surface area contributed by atoms with E-state index in [1.165, 1.54) is 11.1 Å². The van der Waals surface area contributed by atoms with Crippen molar-refractivity contribution in [1.29, 1.82) is 0 Å². The van der Waals surface area contributed by atoms with E-state index in [9.17, 15) is 5.11 Å². The molecule has 0 saturated carbocycles. The molecule has 2 aromatic carbocycles. The van der Waals surface area contributed by atoms with Gasteiger partial charge in [0.25, 0.3) is 0 Å². The molecule has 4 heteroatoms. The van der Waals surface area contributed by atoms with Crippen LogP contribution >= 0.6 is 15.9 Å². The third-order valence-corrected chi connectivity index (χ3v) is 4.60. The number of halogens is 1. The second kappa shape index (κ2) is 6.18. The Balaban J connectivity index is 1.92. The van der Waals surface area contributed by atoms with Crippen molar-refractivity contribution in [3.05, 3.63) is 63.6 Å². The van der Waals surface area contributed by atoms with E-state index in [-0.39, 0.29) is 6.04 Å². The first-order valence-electron chi connectivity index (χ1n) is 7.03. The second-order valence-electron chi connectivity index (χ2n) is 5.22. The van der Waals surface area contributed by atoms with Crippen LogP contribution < -0.4 is 10.1 Å². The second-order valence-corrected chi connectivity index (χ2v) is 6.07. The van der Waals surface area contributed by atoms with E-state index in [4.69, 9.17) is 4.74 Å². The van der Waals surface area contributed by atoms with Gasteiger partial charge in [-0.2, -0.15) is 0 Å². The van der Waals surface area contributed by atoms with Gasteiger partial charge in [-0.25, -0.2) is 0 Å². The molecule has 0 amide bonds. The quantitative estimate of drug-likeness (QED) is 0.894. The van der Waals surface area contributed by atoms with Crippen LogP contribution in [0.4, 0.5) is 0 Å². The zero-order valence-electron chi connectivity index (χ0n) is 11.8. The number of ether oxygens (including phenoxy) is 1. The predicted octanol–water partition coefficient (Wildman–Crippen LogP) is 3.38. The smallest absolute Gasteiger partial charge is 0.133 e. The number of rotatable bonds is 3. The third kappa shape index (κ3) is 2.84. The van der Waals surface area contributed by atoms with E-state index in [1.807, 2.05) is 24.3 Å². The highest BCUT2D eigenvalue weighted by molar-refractivity contribution is 9.10. The maximum absolute atomic E-state index is 10.8. The SMILES string of the molecule is COc1ccc(C(O)C2NCCc3ccccc32)cc1Br. The monoisotopic (exact) mass is 347 g/mol. The third-order valence-electron chi connectivity index (χ3n) is 3.98. The predicted molar refractivity (Wildman–Crippen MR) is 86.5 cm³/mol. The summed E-state index contributed by atoms with van der Waals surface area (Å²) in [4.78, 5) is 0. The fraction of sp³-hybridized carbons (Fsp3) is 0.294. The van der Waals surface area contributed by atoms with E-state index < -0.39 is 6.10 Å². The summed E-state index contributed by atoms with van der Waals surface area (Å²) in [6, 6.07) is 13.9. The van der Waals surface area contributed by atoms with E-state index >= 15 is 0 Å². The first-order chi connectivity index (χ1) is 10.2. The Morgan fingerprint density at radius 3 is 2.86 bits per heavy atom. The Kier molecular flexibility index (Phi) is 4.29. The number of nitrogens with one attached hydrogen (secondary N) is 1. The maximum atomic E-state index is 10.8. The van der Waals surface area contributed by atoms with Crippen molar-refractivity contribution in [3.8, 4) is 5.75 Å². The summed E-state index contributed by atoms with van der Waals surface area (Å²) in [6.07, 6.45) is 0.416. The number of aliphatic hydroxyl groups excluding tert-OH is 1. The summed E-state index contributed by atoms with van der Waals surface area (Å²) in [5.74, 6) is 0.767. The van der Waals surface area contributed by atoms with Gasteiger partial charge in [-0.05, 0) is 57.7 Å². The van der Waals surface area contributed by atoms with Gasteiger partial charge in [0.05, 0.1) is 23.7 Å². The first kappa shape index (κ1) is 14.6. The Bertz CT molecular complexity index is 644. The zero-order valence-corrected chi connectivity index (χ0v) is 13.4. The highest BCUT2D eigenvalue weighted by Crippen LogP contribution is 2.36. The van der Waals surface area contributed by atoms with Crippen LogP contribution in [0, 0.1) is 0 Å². The normalized spacial score (nSPS) is 18.9. The van der Waals surface area contributed by atoms with E-state index in [1.54, 1.807) is 7.11 Å². The minimum Gasteiger partial charge on any atom is -0.496 e. The lowest BCUT2D eigenvalue weighted by Crippen LogP contribution is -2.33. The standard InChI is InChI=1S/C17H18BrNO2/c1-21-15-7-6-12(10-14(15)18)17(20)16-13-5-3-2-4-11(13)8-9-19-16/h2-7,10,16-17,19-20H,8-9H2,1H3. The molecular formula is C17H18BrNO2. The molecule has 2 unspecified atom stereocenters. The lowest BCUT2D eigenvalue weighted by molar-refractivity contribution is 0.125. The van der Waals surface area contributed by atoms with Gasteiger partial charge in [-0.1, -0.05) is 30.3 Å². The summed E-state index contributed by atoms with van der Waals surface area (Å²) >= 11 is 3.47. The summed E-state index contributed by atoms with van der Waals surface area (Å²) in [7, 11) is 1.63. The number of hydrogen-bond acceptors (Lipinski definition) is 3. The molecule has 21 heavy (non-hydrogen) atoms. The van der Waals surface area contributed by atoms with Crippen LogP contribution in [0.15, 0.2) is 46.9 Å². The lowest BCUT2D eigenvalue weighted by Gasteiger charge is -2.31. The van der Waals surface area contributed by atoms with Crippen molar-refractivity contribution >= 4 is 15.9 Å². The van der Waals surface area contributed by atoms with Crippen LogP contribution in [-0.2, 0) is 6.42 Å². The summed E-state index contributed by atoms with van der Waals surface area (Å²) < 4.78 is 6.09. The summed E-state index contributed by atoms with van der Waals surface area (Å²) in [5, 5.41) is 14.2. The Morgan fingerprint density at radius 1 is 1.29 bits per heavy atom. The minimum atomic E-state index is -0.589. The number of hydrogen-bond donors (Lipinski definition) is 2. The van der Waals surface area contributed by atoms with Crippen molar-refractivity contribution in [2.75, 3.05) is 13.7 Å². The van der Waals surface area contributed by atoms with Crippen molar-refractivity contribution in [3.63, 3.8) is 0 Å². The molecule has 1 aliphatic heterocycles. The molecule has 110 valence electrons. The molecule has 0 radical (unpaired) electrons. The maximum Gasteiger partial charge on any atom is 0.133 e. The molecule has 2 aromatic rings. The molecule has 0 bridgehead atoms. The highest BCUT2D eigenvalue weighted by Gasteiger charge is 2.27. The molecule has 3 rings (SSSR count). The largest absolute Gasteiger partial charge is 0.496 e. The average Bonchev–Trinajstić information content (AvgIpc) is 2.53. The number of aliphatic hydroxyl groups is 1. The van der Waals surface area contributed by atoms with E-state index in [0.29, 0.717) is 0 Å². The van der Waals surface area contributed by atoms with Gasteiger partial charge in [0, 0.05) is 0 Å². The summed E-state index contributed by atoms with van der Waals surface area (Å²) in [5.41, 5.74) is 3.37. The van der Waals surface area contributed by atoms with Crippen molar-refractivity contribution in [2.24, 2.45) is 0 Å². The molecule has 1 heterocycles. The molecular weight excluding hydrogens is 330 g/mol. The number of methoxy groups -OCH3 is 1. The topological polar surface area (TPSA) is 41.5 Å². The average molecular weight is 348 g/mol. The highest BCUT2D eigenvalue weighted by atomic mass is 79.9. The van der Waals surface area contributed by atoms with Gasteiger partial charge in [0.15, 0.2) is 0 Å². The number of benzene rings is 2. The lowest BCUT2D eigenvalue weighted by atomic mass is 9.88. The first-order valence-corrected chi connectivity index (χ1v) is 7.82. The molecule has 0 aliphatic carbocycles. The van der Waals surface area contributed by atoms with Gasteiger partial charge in [-0.3, -0.25) is 0 Å². The Labute approximate surface area is 133 Å². The van der Waals surface area contributed by atoms with Crippen LogP contribution in [0.1, 0.15) is 28.8 Å². The fourth-order valence-electron chi connectivity index (χ4n) is 2.88. The van der Waals surface area contributed by atoms with Crippen molar-refractivity contribution in [1.82, 2.24) is 5.32 Å². The Morgan fingerprint density at radius 2 is 2.10 bits per heavy atom. The van der Waals surface area contributed by atoms with Gasteiger partial charge in [-0.15, -0.1) is 0 Å². The fourth-order valence-corrected chi connectivity index (χ4v) is 3.44. The van der Waals surface area contributed by atoms with Crippen LogP contribution in [0.3, 0.4) is 0 Å². The molecule has 0 fully saturated rings. The van der Waals surface area contributed by atoms with Gasteiger partial charge in [0.2, 0.25) is 0 Å². The van der Waals surface area contributed by atoms with Crippen molar-refractivity contribution in [2.45, 2.75) is 18.6 Å². The molecule has 0 spiro atoms. The van der Waals surface area contributed by atoms with Gasteiger partial charge < -0.3 is 15.2 Å². The molecule has 2 N–H and O–H groups in total.